The number of carboxylic acid groups (broad SMARTS) is 1. The van der Waals surface area contributed by atoms with Gasteiger partial charge in [-0.15, -0.1) is 0 Å². The number of hydrogen-bond donors (Lipinski definition) is 1. The van der Waals surface area contributed by atoms with Crippen LogP contribution in [0.4, 0.5) is 0 Å². The topological polar surface area (TPSA) is 62.2 Å². The number of benzene rings is 3. The van der Waals surface area contributed by atoms with Crippen LogP contribution in [0.5, 0.6) is 5.75 Å². The Morgan fingerprint density at radius 2 is 1.77 bits per heavy atom. The Balaban J connectivity index is 1.26. The molecule has 3 aromatic carbocycles. The molecule has 0 bridgehead atoms. The van der Waals surface area contributed by atoms with Crippen LogP contribution in [0.25, 0.3) is 17.2 Å². The Hall–Kier alpha value is -3.16. The fourth-order valence-corrected chi connectivity index (χ4v) is 6.44. The van der Waals surface area contributed by atoms with Gasteiger partial charge in [-0.2, -0.15) is 0 Å². The zero-order chi connectivity index (χ0) is 30.3. The molecule has 1 N–H and O–H groups in total. The molecule has 2 fully saturated rings. The Kier molecular flexibility index (Phi) is 10.6. The normalized spacial score (nSPS) is 18.0. The number of aryl methyl sites for hydroxylation is 1. The summed E-state index contributed by atoms with van der Waals surface area (Å²) in [7, 11) is 0. The summed E-state index contributed by atoms with van der Waals surface area (Å²) in [6.07, 6.45) is 7.16. The number of carboxylic acids is 1. The minimum Gasteiger partial charge on any atom is -0.487 e. The summed E-state index contributed by atoms with van der Waals surface area (Å²) in [4.78, 5) is 16.1. The molecule has 43 heavy (non-hydrogen) atoms. The van der Waals surface area contributed by atoms with E-state index in [9.17, 15) is 9.90 Å². The van der Waals surface area contributed by atoms with Crippen molar-refractivity contribution in [1.82, 2.24) is 9.80 Å². The van der Waals surface area contributed by atoms with Crippen molar-refractivity contribution in [3.63, 3.8) is 0 Å². The molecule has 1 atom stereocenters. The van der Waals surface area contributed by atoms with E-state index in [1.54, 1.807) is 0 Å². The third-order valence-electron chi connectivity index (χ3n) is 8.92. The first-order valence-electron chi connectivity index (χ1n) is 15.4. The average molecular weight is 603 g/mol. The van der Waals surface area contributed by atoms with Crippen molar-refractivity contribution >= 4 is 23.6 Å². The molecule has 2 aliphatic heterocycles. The fourth-order valence-electron chi connectivity index (χ4n) is 6.20. The van der Waals surface area contributed by atoms with Gasteiger partial charge in [0.05, 0.1) is 18.2 Å². The first-order chi connectivity index (χ1) is 20.8. The van der Waals surface area contributed by atoms with Gasteiger partial charge in [-0.3, -0.25) is 14.6 Å². The molecule has 0 aromatic heterocycles. The van der Waals surface area contributed by atoms with Gasteiger partial charge in [-0.05, 0) is 103 Å². The molecule has 0 spiro atoms. The molecular weight excluding hydrogens is 560 g/mol. The lowest BCUT2D eigenvalue weighted by Gasteiger charge is -2.25. The number of likely N-dealkylation sites (tertiary alicyclic amines) is 1. The van der Waals surface area contributed by atoms with Crippen molar-refractivity contribution in [1.29, 1.82) is 0 Å². The summed E-state index contributed by atoms with van der Waals surface area (Å²) in [5.41, 5.74) is 9.34. The molecule has 2 aliphatic rings. The Morgan fingerprint density at radius 3 is 2.53 bits per heavy atom. The maximum atomic E-state index is 11.6. The zero-order valence-corrected chi connectivity index (χ0v) is 26.3. The predicted molar refractivity (Wildman–Crippen MR) is 174 cm³/mol. The molecule has 7 heteroatoms. The average Bonchev–Trinajstić information content (AvgIpc) is 3.47. The molecule has 0 saturated carbocycles. The highest BCUT2D eigenvalue weighted by Crippen LogP contribution is 2.34. The monoisotopic (exact) mass is 602 g/mol. The lowest BCUT2D eigenvalue weighted by molar-refractivity contribution is -0.142. The molecular formula is C36H43ClN2O4. The smallest absolute Gasteiger partial charge is 0.320 e. The summed E-state index contributed by atoms with van der Waals surface area (Å²) in [5, 5.41) is 10.1. The second kappa shape index (κ2) is 14.5. The van der Waals surface area contributed by atoms with Gasteiger partial charge in [-0.1, -0.05) is 60.2 Å². The van der Waals surface area contributed by atoms with E-state index < -0.39 is 12.0 Å². The molecule has 2 saturated heterocycles. The predicted octanol–water partition coefficient (Wildman–Crippen LogP) is 7.30. The summed E-state index contributed by atoms with van der Waals surface area (Å²) >= 11 is 6.68. The molecule has 3 aromatic rings. The number of carbonyl (C=O) groups is 1. The van der Waals surface area contributed by atoms with Crippen LogP contribution in [-0.2, 0) is 22.7 Å². The quantitative estimate of drug-likeness (QED) is 0.249. The van der Waals surface area contributed by atoms with E-state index in [-0.39, 0.29) is 0 Å². The molecule has 0 aliphatic carbocycles. The Morgan fingerprint density at radius 1 is 1.02 bits per heavy atom. The molecule has 0 amide bonds. The van der Waals surface area contributed by atoms with E-state index in [1.807, 2.05) is 24.0 Å². The van der Waals surface area contributed by atoms with Crippen molar-refractivity contribution in [2.24, 2.45) is 0 Å². The van der Waals surface area contributed by atoms with Crippen LogP contribution in [0.3, 0.4) is 0 Å². The minimum absolute atomic E-state index is 0.408. The van der Waals surface area contributed by atoms with Crippen molar-refractivity contribution in [2.45, 2.75) is 59.2 Å². The number of aliphatic carboxylic acids is 1. The van der Waals surface area contributed by atoms with Gasteiger partial charge >= 0.3 is 5.97 Å². The summed E-state index contributed by atoms with van der Waals surface area (Å²) < 4.78 is 11.7. The zero-order valence-electron chi connectivity index (χ0n) is 25.6. The van der Waals surface area contributed by atoms with Gasteiger partial charge in [0.1, 0.15) is 18.4 Å². The Bertz CT molecular complexity index is 1460. The molecule has 0 unspecified atom stereocenters. The standard InChI is InChI=1S/C36H43ClN2O4/c1-25-21-35(33(37)22-30(25)23-39-16-8-14-34(39)36(40)41)43-24-29-11-7-13-32(27(29)3)31-12-6-10-28(26(31)2)9-4-5-15-38-17-19-42-20-18-38/h4,6-7,9-13,21-22,34H,5,8,14-20,23-24H2,1-3H3,(H,40,41)/b9-4+/t34-/m0/s1. The second-order valence-corrected chi connectivity index (χ2v) is 12.1. The highest BCUT2D eigenvalue weighted by molar-refractivity contribution is 6.32. The van der Waals surface area contributed by atoms with E-state index in [0.717, 1.165) is 68.9 Å². The van der Waals surface area contributed by atoms with Gasteiger partial charge < -0.3 is 14.6 Å². The lowest BCUT2D eigenvalue weighted by Crippen LogP contribution is -2.36. The summed E-state index contributed by atoms with van der Waals surface area (Å²) in [6, 6.07) is 16.4. The lowest BCUT2D eigenvalue weighted by atomic mass is 9.91. The van der Waals surface area contributed by atoms with Crippen LogP contribution in [0.15, 0.2) is 54.6 Å². The first-order valence-corrected chi connectivity index (χ1v) is 15.7. The number of ether oxygens (including phenoxy) is 2. The van der Waals surface area contributed by atoms with Crippen molar-refractivity contribution in [3.8, 4) is 16.9 Å². The molecule has 0 radical (unpaired) electrons. The van der Waals surface area contributed by atoms with E-state index in [4.69, 9.17) is 21.1 Å². The molecule has 2 heterocycles. The number of morpholine rings is 1. The summed E-state index contributed by atoms with van der Waals surface area (Å²) in [5.74, 6) is -0.110. The summed E-state index contributed by atoms with van der Waals surface area (Å²) in [6.45, 7) is 12.9. The van der Waals surface area contributed by atoms with Crippen molar-refractivity contribution in [2.75, 3.05) is 39.4 Å². The highest BCUT2D eigenvalue weighted by Gasteiger charge is 2.30. The molecule has 6 nitrogen and oxygen atoms in total. The fraction of sp³-hybridized carbons (Fsp3) is 0.417. The minimum atomic E-state index is -0.753. The van der Waals surface area contributed by atoms with Gasteiger partial charge in [0.15, 0.2) is 0 Å². The van der Waals surface area contributed by atoms with Gasteiger partial charge in [0, 0.05) is 26.2 Å². The second-order valence-electron chi connectivity index (χ2n) is 11.7. The van der Waals surface area contributed by atoms with E-state index in [1.165, 1.54) is 27.8 Å². The molecule has 5 rings (SSSR count). The number of nitrogens with zero attached hydrogens (tertiary/aromatic N) is 2. The third kappa shape index (κ3) is 7.68. The van der Waals surface area contributed by atoms with Crippen LogP contribution in [0.1, 0.15) is 52.6 Å². The van der Waals surface area contributed by atoms with E-state index >= 15 is 0 Å². The maximum absolute atomic E-state index is 11.6. The third-order valence-corrected chi connectivity index (χ3v) is 9.22. The van der Waals surface area contributed by atoms with Crippen LogP contribution in [-0.4, -0.2) is 66.3 Å². The molecule has 228 valence electrons. The van der Waals surface area contributed by atoms with Gasteiger partial charge in [0.25, 0.3) is 0 Å². The van der Waals surface area contributed by atoms with E-state index in [0.29, 0.717) is 30.3 Å². The Labute approximate surface area is 260 Å². The number of rotatable bonds is 11. The number of hydrogen-bond acceptors (Lipinski definition) is 5. The maximum Gasteiger partial charge on any atom is 0.320 e. The van der Waals surface area contributed by atoms with Crippen LogP contribution < -0.4 is 4.74 Å². The highest BCUT2D eigenvalue weighted by atomic mass is 35.5. The first kappa shape index (κ1) is 31.3. The van der Waals surface area contributed by atoms with Crippen molar-refractivity contribution in [3.05, 3.63) is 93.0 Å². The van der Waals surface area contributed by atoms with Crippen LogP contribution >= 0.6 is 11.6 Å². The SMILES string of the molecule is Cc1cc(OCc2cccc(-c3cccc(/C=C/CCN4CCOCC4)c3C)c2C)c(Cl)cc1CN1CCC[C@H]1C(=O)O. The number of halogens is 1. The largest absolute Gasteiger partial charge is 0.487 e. The van der Waals surface area contributed by atoms with Crippen LogP contribution in [0.2, 0.25) is 5.02 Å². The van der Waals surface area contributed by atoms with Crippen LogP contribution in [0, 0.1) is 20.8 Å². The van der Waals surface area contributed by atoms with Crippen molar-refractivity contribution < 1.29 is 19.4 Å². The van der Waals surface area contributed by atoms with Gasteiger partial charge in [-0.25, -0.2) is 0 Å². The van der Waals surface area contributed by atoms with Gasteiger partial charge in [0.2, 0.25) is 0 Å². The van der Waals surface area contributed by atoms with E-state index in [2.05, 4.69) is 67.3 Å².